The number of carbonyl (C=O) groups excluding carboxylic acids is 1. The Hall–Kier alpha value is -2.86. The van der Waals surface area contributed by atoms with Crippen molar-refractivity contribution in [3.63, 3.8) is 0 Å². The molecule has 2 unspecified atom stereocenters. The first-order chi connectivity index (χ1) is 14.2. The standard InChI is InChI=1S/C23H26FN3O2/c1-2-3-13-29-22-10-5-4-9-19(22)20-15-21-23(28)26(11-12-27(21)25-20)16-17-7-6-8-18(24)14-17/h4-12,14,20-21,25H,2-3,13,15-16H2,1H3. The fourth-order valence-corrected chi connectivity index (χ4v) is 3.83. The summed E-state index contributed by atoms with van der Waals surface area (Å²) in [7, 11) is 0. The summed E-state index contributed by atoms with van der Waals surface area (Å²) in [5, 5.41) is 1.87. The summed E-state index contributed by atoms with van der Waals surface area (Å²) in [6.45, 7) is 3.19. The summed E-state index contributed by atoms with van der Waals surface area (Å²) >= 11 is 0. The van der Waals surface area contributed by atoms with E-state index >= 15 is 0 Å². The van der Waals surface area contributed by atoms with Crippen molar-refractivity contribution in [2.24, 2.45) is 0 Å². The molecular weight excluding hydrogens is 369 g/mol. The number of hydrazine groups is 1. The van der Waals surface area contributed by atoms with Crippen molar-refractivity contribution in [2.75, 3.05) is 6.61 Å². The molecule has 0 radical (unpaired) electrons. The van der Waals surface area contributed by atoms with Gasteiger partial charge in [0.25, 0.3) is 5.91 Å². The summed E-state index contributed by atoms with van der Waals surface area (Å²) in [6, 6.07) is 14.1. The fourth-order valence-electron chi connectivity index (χ4n) is 3.83. The van der Waals surface area contributed by atoms with E-state index in [0.29, 0.717) is 19.6 Å². The van der Waals surface area contributed by atoms with Crippen molar-refractivity contribution in [1.82, 2.24) is 15.3 Å². The van der Waals surface area contributed by atoms with E-state index in [9.17, 15) is 9.18 Å². The Bertz CT molecular complexity index is 901. The molecule has 2 atom stereocenters. The molecule has 6 heteroatoms. The van der Waals surface area contributed by atoms with Gasteiger partial charge < -0.3 is 14.6 Å². The average molecular weight is 395 g/mol. The van der Waals surface area contributed by atoms with Crippen LogP contribution in [0.3, 0.4) is 0 Å². The molecule has 2 aliphatic heterocycles. The van der Waals surface area contributed by atoms with E-state index < -0.39 is 0 Å². The highest BCUT2D eigenvalue weighted by Gasteiger charge is 2.40. The van der Waals surface area contributed by atoms with E-state index in [2.05, 4.69) is 18.4 Å². The van der Waals surface area contributed by atoms with Gasteiger partial charge in [0.2, 0.25) is 0 Å². The van der Waals surface area contributed by atoms with Crippen LogP contribution in [0.5, 0.6) is 5.75 Å². The molecule has 2 aromatic rings. The molecule has 5 nitrogen and oxygen atoms in total. The topological polar surface area (TPSA) is 44.8 Å². The van der Waals surface area contributed by atoms with Crippen LogP contribution in [0, 0.1) is 5.82 Å². The largest absolute Gasteiger partial charge is 0.493 e. The van der Waals surface area contributed by atoms with Crippen LogP contribution in [0.25, 0.3) is 0 Å². The number of halogens is 1. The van der Waals surface area contributed by atoms with Crippen LogP contribution in [0.15, 0.2) is 60.9 Å². The molecular formula is C23H26FN3O2. The van der Waals surface area contributed by atoms with Crippen LogP contribution in [-0.4, -0.2) is 28.5 Å². The smallest absolute Gasteiger partial charge is 0.251 e. The lowest BCUT2D eigenvalue weighted by atomic mass is 10.00. The lowest BCUT2D eigenvalue weighted by molar-refractivity contribution is -0.134. The van der Waals surface area contributed by atoms with Crippen molar-refractivity contribution >= 4 is 5.91 Å². The Morgan fingerprint density at radius 2 is 2.03 bits per heavy atom. The molecule has 29 heavy (non-hydrogen) atoms. The average Bonchev–Trinajstić information content (AvgIpc) is 3.16. The molecule has 1 saturated heterocycles. The van der Waals surface area contributed by atoms with Crippen molar-refractivity contribution in [1.29, 1.82) is 0 Å². The number of carbonyl (C=O) groups is 1. The number of nitrogens with zero attached hydrogens (tertiary/aromatic N) is 2. The zero-order valence-electron chi connectivity index (χ0n) is 16.6. The first-order valence-corrected chi connectivity index (χ1v) is 10.1. The molecule has 0 aliphatic carbocycles. The highest BCUT2D eigenvalue weighted by molar-refractivity contribution is 5.84. The van der Waals surface area contributed by atoms with Crippen LogP contribution < -0.4 is 10.2 Å². The van der Waals surface area contributed by atoms with Gasteiger partial charge >= 0.3 is 0 Å². The van der Waals surface area contributed by atoms with E-state index in [4.69, 9.17) is 4.74 Å². The number of para-hydroxylation sites is 1. The fraction of sp³-hybridized carbons (Fsp3) is 0.348. The lowest BCUT2D eigenvalue weighted by Gasteiger charge is -2.31. The lowest BCUT2D eigenvalue weighted by Crippen LogP contribution is -2.47. The van der Waals surface area contributed by atoms with E-state index in [1.807, 2.05) is 35.5 Å². The van der Waals surface area contributed by atoms with Crippen molar-refractivity contribution in [2.45, 2.75) is 44.8 Å². The third-order valence-electron chi connectivity index (χ3n) is 5.37. The van der Waals surface area contributed by atoms with Gasteiger partial charge in [0.05, 0.1) is 19.2 Å². The molecule has 1 amide bonds. The molecule has 1 fully saturated rings. The van der Waals surface area contributed by atoms with Gasteiger partial charge in [0.1, 0.15) is 17.6 Å². The molecule has 2 aliphatic rings. The SMILES string of the molecule is CCCCOc1ccccc1C1CC2C(=O)N(Cc3cccc(F)c3)C=CN2N1. The van der Waals surface area contributed by atoms with Gasteiger partial charge in [-0.05, 0) is 36.6 Å². The predicted molar refractivity (Wildman–Crippen MR) is 109 cm³/mol. The highest BCUT2D eigenvalue weighted by Crippen LogP contribution is 2.35. The second-order valence-electron chi connectivity index (χ2n) is 7.47. The molecule has 0 spiro atoms. The number of rotatable bonds is 7. The van der Waals surface area contributed by atoms with Gasteiger partial charge in [-0.2, -0.15) is 0 Å². The minimum absolute atomic E-state index is 0.000506. The molecule has 0 saturated carbocycles. The molecule has 1 N–H and O–H groups in total. The summed E-state index contributed by atoms with van der Waals surface area (Å²) in [4.78, 5) is 14.7. The first kappa shape index (κ1) is 19.5. The molecule has 2 aromatic carbocycles. The number of amides is 1. The number of ether oxygens (including phenoxy) is 1. The van der Waals surface area contributed by atoms with Gasteiger partial charge in [0.15, 0.2) is 0 Å². The van der Waals surface area contributed by atoms with Crippen molar-refractivity contribution in [3.05, 3.63) is 77.9 Å². The molecule has 0 aromatic heterocycles. The number of hydrogen-bond donors (Lipinski definition) is 1. The molecule has 0 bridgehead atoms. The van der Waals surface area contributed by atoms with Crippen LogP contribution in [0.2, 0.25) is 0 Å². The van der Waals surface area contributed by atoms with Gasteiger partial charge in [-0.3, -0.25) is 4.79 Å². The summed E-state index contributed by atoms with van der Waals surface area (Å²) in [5.41, 5.74) is 5.26. The maximum atomic E-state index is 13.5. The normalized spacial score (nSPS) is 20.8. The second-order valence-corrected chi connectivity index (χ2v) is 7.47. The number of nitrogens with one attached hydrogen (secondary N) is 1. The van der Waals surface area contributed by atoms with Gasteiger partial charge in [-0.15, -0.1) is 0 Å². The van der Waals surface area contributed by atoms with Crippen LogP contribution in [0.1, 0.15) is 43.4 Å². The highest BCUT2D eigenvalue weighted by atomic mass is 19.1. The van der Waals surface area contributed by atoms with Gasteiger partial charge in [-0.25, -0.2) is 9.82 Å². The molecule has 152 valence electrons. The van der Waals surface area contributed by atoms with Crippen LogP contribution >= 0.6 is 0 Å². The van der Waals surface area contributed by atoms with E-state index in [0.717, 1.165) is 29.7 Å². The van der Waals surface area contributed by atoms with Crippen molar-refractivity contribution in [3.8, 4) is 5.75 Å². The zero-order valence-corrected chi connectivity index (χ0v) is 16.6. The summed E-state index contributed by atoms with van der Waals surface area (Å²) in [6.07, 6.45) is 6.38. The molecule has 4 rings (SSSR count). The van der Waals surface area contributed by atoms with E-state index in [1.165, 1.54) is 12.1 Å². The Balaban J connectivity index is 1.46. The Morgan fingerprint density at radius 1 is 1.17 bits per heavy atom. The minimum atomic E-state index is -0.292. The Kier molecular flexibility index (Phi) is 5.81. The molecule has 2 heterocycles. The Morgan fingerprint density at radius 3 is 2.86 bits per heavy atom. The third kappa shape index (κ3) is 4.27. The van der Waals surface area contributed by atoms with Crippen LogP contribution in [-0.2, 0) is 11.3 Å². The quantitative estimate of drug-likeness (QED) is 0.716. The monoisotopic (exact) mass is 395 g/mol. The number of fused-ring (bicyclic) bond motifs is 1. The minimum Gasteiger partial charge on any atom is -0.493 e. The van der Waals surface area contributed by atoms with Gasteiger partial charge in [-0.1, -0.05) is 43.7 Å². The van der Waals surface area contributed by atoms with Gasteiger partial charge in [0, 0.05) is 18.0 Å². The number of benzene rings is 2. The summed E-state index contributed by atoms with van der Waals surface area (Å²) in [5.74, 6) is 0.585. The zero-order chi connectivity index (χ0) is 20.2. The Labute approximate surface area is 170 Å². The summed E-state index contributed by atoms with van der Waals surface area (Å²) < 4.78 is 19.4. The van der Waals surface area contributed by atoms with Crippen LogP contribution in [0.4, 0.5) is 4.39 Å². The predicted octanol–water partition coefficient (Wildman–Crippen LogP) is 4.14. The maximum absolute atomic E-state index is 13.5. The van der Waals surface area contributed by atoms with Crippen molar-refractivity contribution < 1.29 is 13.9 Å². The maximum Gasteiger partial charge on any atom is 0.251 e. The number of hydrogen-bond acceptors (Lipinski definition) is 4. The number of unbranched alkanes of at least 4 members (excludes halogenated alkanes) is 1. The third-order valence-corrected chi connectivity index (χ3v) is 5.37. The second kappa shape index (κ2) is 8.66. The first-order valence-electron chi connectivity index (χ1n) is 10.1. The van der Waals surface area contributed by atoms with E-state index in [-0.39, 0.29) is 23.8 Å². The van der Waals surface area contributed by atoms with E-state index in [1.54, 1.807) is 17.2 Å².